The van der Waals surface area contributed by atoms with Crippen molar-refractivity contribution in [3.63, 3.8) is 0 Å². The summed E-state index contributed by atoms with van der Waals surface area (Å²) in [5, 5.41) is 0. The number of aryl methyl sites for hydroxylation is 1. The molecule has 17 heavy (non-hydrogen) atoms. The molecule has 1 atom stereocenters. The molecule has 1 heterocycles. The molecule has 2 rings (SSSR count). The van der Waals surface area contributed by atoms with Gasteiger partial charge >= 0.3 is 0 Å². The topological polar surface area (TPSA) is 56.0 Å². The third-order valence-electron chi connectivity index (χ3n) is 3.69. The van der Waals surface area contributed by atoms with Crippen LogP contribution in [0.5, 0.6) is 0 Å². The molecule has 2 N–H and O–H groups in total. The zero-order chi connectivity index (χ0) is 12.5. The molecule has 92 valence electrons. The van der Waals surface area contributed by atoms with Crippen molar-refractivity contribution in [2.45, 2.75) is 39.0 Å². The van der Waals surface area contributed by atoms with E-state index in [1.807, 2.05) is 19.9 Å². The van der Waals surface area contributed by atoms with Gasteiger partial charge in [0.25, 0.3) is 0 Å². The predicted octanol–water partition coefficient (Wildman–Crippen LogP) is 2.06. The van der Waals surface area contributed by atoms with E-state index in [1.54, 1.807) is 6.20 Å². The lowest BCUT2D eigenvalue weighted by atomic mass is 9.74. The number of carbonyl (C=O) groups is 1. The van der Waals surface area contributed by atoms with Gasteiger partial charge in [-0.3, -0.25) is 9.78 Å². The molecule has 0 fully saturated rings. The number of fused-ring (bicyclic) bond motifs is 1. The first-order chi connectivity index (χ1) is 8.06. The van der Waals surface area contributed by atoms with E-state index >= 15 is 0 Å². The molecular weight excluding hydrogens is 212 g/mol. The summed E-state index contributed by atoms with van der Waals surface area (Å²) in [5.74, 6) is 0.179. The van der Waals surface area contributed by atoms with Gasteiger partial charge in [-0.25, -0.2) is 0 Å². The SMILES string of the molecule is CC(C)(CN)C(=O)C1CCCc2cccnc21. The van der Waals surface area contributed by atoms with Gasteiger partial charge in [-0.2, -0.15) is 0 Å². The zero-order valence-corrected chi connectivity index (χ0v) is 10.6. The maximum Gasteiger partial charge on any atom is 0.148 e. The highest BCUT2D eigenvalue weighted by Crippen LogP contribution is 2.35. The highest BCUT2D eigenvalue weighted by atomic mass is 16.1. The van der Waals surface area contributed by atoms with E-state index < -0.39 is 5.41 Å². The second-order valence-corrected chi connectivity index (χ2v) is 5.44. The summed E-state index contributed by atoms with van der Waals surface area (Å²) >= 11 is 0. The Morgan fingerprint density at radius 2 is 2.35 bits per heavy atom. The van der Waals surface area contributed by atoms with Crippen molar-refractivity contribution in [1.29, 1.82) is 0 Å². The summed E-state index contributed by atoms with van der Waals surface area (Å²) in [6.07, 6.45) is 4.79. The first kappa shape index (κ1) is 12.2. The Hall–Kier alpha value is -1.22. The highest BCUT2D eigenvalue weighted by molar-refractivity contribution is 5.90. The van der Waals surface area contributed by atoms with Gasteiger partial charge in [0.05, 0.1) is 11.6 Å². The van der Waals surface area contributed by atoms with Crippen LogP contribution in [0.2, 0.25) is 0 Å². The second kappa shape index (κ2) is 4.57. The minimum absolute atomic E-state index is 0.0569. The minimum Gasteiger partial charge on any atom is -0.329 e. The minimum atomic E-state index is -0.448. The fraction of sp³-hybridized carbons (Fsp3) is 0.571. The smallest absolute Gasteiger partial charge is 0.148 e. The average Bonchev–Trinajstić information content (AvgIpc) is 2.37. The molecular formula is C14H20N2O. The molecule has 3 nitrogen and oxygen atoms in total. The standard InChI is InChI=1S/C14H20N2O/c1-14(2,9-15)13(17)11-7-3-5-10-6-4-8-16-12(10)11/h4,6,8,11H,3,5,7,9,15H2,1-2H3. The lowest BCUT2D eigenvalue weighted by Crippen LogP contribution is -2.37. The first-order valence-corrected chi connectivity index (χ1v) is 6.24. The Morgan fingerprint density at radius 1 is 1.59 bits per heavy atom. The van der Waals surface area contributed by atoms with Crippen molar-refractivity contribution in [1.82, 2.24) is 4.98 Å². The van der Waals surface area contributed by atoms with E-state index in [9.17, 15) is 4.79 Å². The molecule has 1 aliphatic carbocycles. The number of nitrogens with two attached hydrogens (primary N) is 1. The van der Waals surface area contributed by atoms with E-state index in [4.69, 9.17) is 5.73 Å². The highest BCUT2D eigenvalue weighted by Gasteiger charge is 2.36. The third-order valence-corrected chi connectivity index (χ3v) is 3.69. The molecule has 1 aromatic heterocycles. The molecule has 1 aliphatic rings. The summed E-state index contributed by atoms with van der Waals surface area (Å²) < 4.78 is 0. The van der Waals surface area contributed by atoms with Crippen LogP contribution in [0.25, 0.3) is 0 Å². The van der Waals surface area contributed by atoms with Crippen molar-refractivity contribution in [3.05, 3.63) is 29.6 Å². The predicted molar refractivity (Wildman–Crippen MR) is 67.8 cm³/mol. The second-order valence-electron chi connectivity index (χ2n) is 5.44. The number of aromatic nitrogens is 1. The van der Waals surface area contributed by atoms with Crippen LogP contribution in [0.15, 0.2) is 18.3 Å². The molecule has 1 unspecified atom stereocenters. The molecule has 0 saturated heterocycles. The molecule has 3 heteroatoms. The van der Waals surface area contributed by atoms with E-state index in [-0.39, 0.29) is 11.7 Å². The molecule has 1 aromatic rings. The van der Waals surface area contributed by atoms with Crippen LogP contribution in [-0.4, -0.2) is 17.3 Å². The Labute approximate surface area is 102 Å². The van der Waals surface area contributed by atoms with Gasteiger partial charge in [-0.05, 0) is 30.9 Å². The van der Waals surface area contributed by atoms with Gasteiger partial charge in [0, 0.05) is 18.2 Å². The lowest BCUT2D eigenvalue weighted by molar-refractivity contribution is -0.128. The number of nitrogens with zero attached hydrogens (tertiary/aromatic N) is 1. The maximum atomic E-state index is 12.5. The summed E-state index contributed by atoms with van der Waals surface area (Å²) in [6, 6.07) is 4.02. The monoisotopic (exact) mass is 232 g/mol. The van der Waals surface area contributed by atoms with Crippen LogP contribution in [0.1, 0.15) is 43.9 Å². The molecule has 0 spiro atoms. The lowest BCUT2D eigenvalue weighted by Gasteiger charge is -2.30. The molecule has 0 bridgehead atoms. The number of hydrogen-bond donors (Lipinski definition) is 1. The van der Waals surface area contributed by atoms with Crippen LogP contribution >= 0.6 is 0 Å². The van der Waals surface area contributed by atoms with Gasteiger partial charge in [-0.1, -0.05) is 19.9 Å². The van der Waals surface area contributed by atoms with E-state index in [2.05, 4.69) is 11.1 Å². The van der Waals surface area contributed by atoms with Gasteiger partial charge in [0.15, 0.2) is 0 Å². The van der Waals surface area contributed by atoms with E-state index in [0.29, 0.717) is 6.54 Å². The van der Waals surface area contributed by atoms with Crippen molar-refractivity contribution in [3.8, 4) is 0 Å². The van der Waals surface area contributed by atoms with Crippen molar-refractivity contribution in [2.75, 3.05) is 6.54 Å². The largest absolute Gasteiger partial charge is 0.329 e. The Balaban J connectivity index is 2.33. The summed E-state index contributed by atoms with van der Waals surface area (Å²) in [7, 11) is 0. The Bertz CT molecular complexity index is 426. The molecule has 0 radical (unpaired) electrons. The number of rotatable bonds is 3. The van der Waals surface area contributed by atoms with E-state index in [1.165, 1.54) is 5.56 Å². The molecule has 0 saturated carbocycles. The van der Waals surface area contributed by atoms with Gasteiger partial charge in [-0.15, -0.1) is 0 Å². The Morgan fingerprint density at radius 3 is 3.06 bits per heavy atom. The number of hydrogen-bond acceptors (Lipinski definition) is 3. The number of carbonyl (C=O) groups excluding carboxylic acids is 1. The van der Waals surface area contributed by atoms with E-state index in [0.717, 1.165) is 25.0 Å². The number of ketones is 1. The Kier molecular flexibility index (Phi) is 3.29. The molecule has 0 aromatic carbocycles. The number of Topliss-reactive ketones (excluding diaryl/α,β-unsaturated/α-hetero) is 1. The van der Waals surface area contributed by atoms with Gasteiger partial charge in [0.1, 0.15) is 5.78 Å². The average molecular weight is 232 g/mol. The van der Waals surface area contributed by atoms with Gasteiger partial charge in [0.2, 0.25) is 0 Å². The molecule has 0 amide bonds. The fourth-order valence-corrected chi connectivity index (χ4v) is 2.44. The molecule has 0 aliphatic heterocycles. The first-order valence-electron chi connectivity index (χ1n) is 6.24. The quantitative estimate of drug-likeness (QED) is 0.867. The van der Waals surface area contributed by atoms with Crippen LogP contribution in [-0.2, 0) is 11.2 Å². The van der Waals surface area contributed by atoms with Crippen molar-refractivity contribution < 1.29 is 4.79 Å². The fourth-order valence-electron chi connectivity index (χ4n) is 2.44. The maximum absolute atomic E-state index is 12.5. The number of pyridine rings is 1. The van der Waals surface area contributed by atoms with Crippen LogP contribution in [0, 0.1) is 5.41 Å². The summed E-state index contributed by atoms with van der Waals surface area (Å²) in [4.78, 5) is 16.9. The van der Waals surface area contributed by atoms with Crippen LogP contribution in [0.4, 0.5) is 0 Å². The normalized spacial score (nSPS) is 19.8. The van der Waals surface area contributed by atoms with Crippen molar-refractivity contribution >= 4 is 5.78 Å². The van der Waals surface area contributed by atoms with Crippen LogP contribution < -0.4 is 5.73 Å². The van der Waals surface area contributed by atoms with Crippen molar-refractivity contribution in [2.24, 2.45) is 11.1 Å². The van der Waals surface area contributed by atoms with Crippen LogP contribution in [0.3, 0.4) is 0 Å². The third kappa shape index (κ3) is 2.25. The van der Waals surface area contributed by atoms with Gasteiger partial charge < -0.3 is 5.73 Å². The summed E-state index contributed by atoms with van der Waals surface area (Å²) in [6.45, 7) is 4.24. The zero-order valence-electron chi connectivity index (χ0n) is 10.6. The summed E-state index contributed by atoms with van der Waals surface area (Å²) in [5.41, 5.74) is 7.45.